The molecule has 1 fully saturated rings. The molecule has 1 atom stereocenters. The van der Waals surface area contributed by atoms with Crippen LogP contribution in [0.2, 0.25) is 0 Å². The van der Waals surface area contributed by atoms with E-state index in [1.807, 2.05) is 4.90 Å². The molecule has 4 rings (SSSR count). The third-order valence-corrected chi connectivity index (χ3v) is 5.18. The molecule has 0 spiro atoms. The minimum absolute atomic E-state index is 0.187. The first-order chi connectivity index (χ1) is 13.1. The lowest BCUT2D eigenvalue weighted by Gasteiger charge is -2.33. The number of pyridine rings is 1. The lowest BCUT2D eigenvalue weighted by atomic mass is 9.96. The van der Waals surface area contributed by atoms with E-state index in [0.717, 1.165) is 12.0 Å². The molecule has 7 nitrogen and oxygen atoms in total. The molecule has 2 amide bonds. The monoisotopic (exact) mass is 365 g/mol. The molecule has 0 aliphatic carbocycles. The second-order valence-corrected chi connectivity index (χ2v) is 6.88. The van der Waals surface area contributed by atoms with Crippen molar-refractivity contribution in [1.29, 1.82) is 0 Å². The van der Waals surface area contributed by atoms with Gasteiger partial charge in [-0.3, -0.25) is 24.3 Å². The first-order valence-electron chi connectivity index (χ1n) is 8.92. The van der Waals surface area contributed by atoms with Gasteiger partial charge in [0.1, 0.15) is 0 Å². The van der Waals surface area contributed by atoms with E-state index in [-0.39, 0.29) is 18.4 Å². The van der Waals surface area contributed by atoms with Crippen LogP contribution in [0.15, 0.2) is 42.7 Å². The highest BCUT2D eigenvalue weighted by Crippen LogP contribution is 2.34. The van der Waals surface area contributed by atoms with Crippen molar-refractivity contribution in [1.82, 2.24) is 9.88 Å². The number of hydrogen-bond donors (Lipinski definition) is 1. The maximum absolute atomic E-state index is 13.0. The van der Waals surface area contributed by atoms with Crippen molar-refractivity contribution in [3.05, 3.63) is 59.4 Å². The number of imide groups is 1. The third kappa shape index (κ3) is 3.05. The molecule has 1 N–H and O–H groups in total. The van der Waals surface area contributed by atoms with Crippen molar-refractivity contribution < 1.29 is 19.5 Å². The van der Waals surface area contributed by atoms with Gasteiger partial charge in [-0.2, -0.15) is 0 Å². The van der Waals surface area contributed by atoms with E-state index >= 15 is 0 Å². The molecule has 0 bridgehead atoms. The van der Waals surface area contributed by atoms with Gasteiger partial charge in [-0.25, -0.2) is 0 Å². The van der Waals surface area contributed by atoms with Crippen LogP contribution in [0.3, 0.4) is 0 Å². The number of carbonyl (C=O) groups is 3. The average molecular weight is 365 g/mol. The number of amides is 2. The van der Waals surface area contributed by atoms with Gasteiger partial charge < -0.3 is 10.0 Å². The van der Waals surface area contributed by atoms with Crippen LogP contribution in [-0.2, 0) is 11.3 Å². The van der Waals surface area contributed by atoms with Crippen molar-refractivity contribution in [2.24, 2.45) is 5.92 Å². The highest BCUT2D eigenvalue weighted by Gasteiger charge is 2.39. The van der Waals surface area contributed by atoms with Crippen LogP contribution in [0.1, 0.15) is 39.1 Å². The van der Waals surface area contributed by atoms with Crippen molar-refractivity contribution >= 4 is 23.5 Å². The number of carboxylic acids is 1. The molecule has 2 aliphatic rings. The number of nitrogens with zero attached hydrogens (tertiary/aromatic N) is 3. The predicted molar refractivity (Wildman–Crippen MR) is 97.5 cm³/mol. The average Bonchev–Trinajstić information content (AvgIpc) is 2.94. The Morgan fingerprint density at radius 3 is 2.67 bits per heavy atom. The fourth-order valence-corrected chi connectivity index (χ4v) is 3.79. The van der Waals surface area contributed by atoms with E-state index in [9.17, 15) is 19.5 Å². The van der Waals surface area contributed by atoms with Crippen molar-refractivity contribution in [2.45, 2.75) is 19.4 Å². The van der Waals surface area contributed by atoms with Crippen LogP contribution < -0.4 is 4.90 Å². The molecule has 1 aromatic heterocycles. The van der Waals surface area contributed by atoms with E-state index in [0.29, 0.717) is 36.3 Å². The lowest BCUT2D eigenvalue weighted by molar-refractivity contribution is -0.141. The van der Waals surface area contributed by atoms with Gasteiger partial charge in [0, 0.05) is 25.5 Å². The largest absolute Gasteiger partial charge is 0.481 e. The van der Waals surface area contributed by atoms with Gasteiger partial charge in [0.15, 0.2) is 0 Å². The number of rotatable bonds is 4. The molecule has 138 valence electrons. The number of aliphatic carboxylic acids is 1. The molecule has 1 aromatic carbocycles. The minimum atomic E-state index is -0.825. The van der Waals surface area contributed by atoms with Crippen LogP contribution in [0.5, 0.6) is 0 Å². The molecular formula is C20H19N3O4. The number of carbonyl (C=O) groups excluding carboxylic acids is 2. The summed E-state index contributed by atoms with van der Waals surface area (Å²) < 4.78 is 0. The Morgan fingerprint density at radius 1 is 1.15 bits per heavy atom. The molecule has 0 saturated carbocycles. The summed E-state index contributed by atoms with van der Waals surface area (Å²) in [5, 5.41) is 9.34. The smallest absolute Gasteiger partial charge is 0.308 e. The van der Waals surface area contributed by atoms with E-state index in [1.165, 1.54) is 4.90 Å². The lowest BCUT2D eigenvalue weighted by Crippen LogP contribution is -2.39. The van der Waals surface area contributed by atoms with E-state index in [1.54, 1.807) is 42.7 Å². The summed E-state index contributed by atoms with van der Waals surface area (Å²) in [5.41, 5.74) is 2.23. The normalized spacial score (nSPS) is 19.3. The first kappa shape index (κ1) is 17.2. The second-order valence-electron chi connectivity index (χ2n) is 6.88. The number of hydrogen-bond acceptors (Lipinski definition) is 5. The summed E-state index contributed by atoms with van der Waals surface area (Å²) in [6.07, 6.45) is 4.61. The fourth-order valence-electron chi connectivity index (χ4n) is 3.79. The van der Waals surface area contributed by atoms with Gasteiger partial charge in [0.05, 0.1) is 29.3 Å². The van der Waals surface area contributed by atoms with Gasteiger partial charge in [-0.15, -0.1) is 0 Å². The highest BCUT2D eigenvalue weighted by atomic mass is 16.4. The number of aromatic nitrogens is 1. The van der Waals surface area contributed by atoms with Crippen molar-refractivity contribution in [3.63, 3.8) is 0 Å². The molecule has 2 aliphatic heterocycles. The summed E-state index contributed by atoms with van der Waals surface area (Å²) in [6, 6.07) is 8.74. The Hall–Kier alpha value is -3.22. The zero-order valence-electron chi connectivity index (χ0n) is 14.7. The van der Waals surface area contributed by atoms with E-state index < -0.39 is 11.9 Å². The van der Waals surface area contributed by atoms with Crippen LogP contribution >= 0.6 is 0 Å². The molecule has 1 saturated heterocycles. The summed E-state index contributed by atoms with van der Waals surface area (Å²) in [6.45, 7) is 1.20. The summed E-state index contributed by atoms with van der Waals surface area (Å²) >= 11 is 0. The zero-order chi connectivity index (χ0) is 19.0. The van der Waals surface area contributed by atoms with Crippen molar-refractivity contribution in [3.8, 4) is 0 Å². The Balaban J connectivity index is 1.65. The zero-order valence-corrected chi connectivity index (χ0v) is 14.7. The van der Waals surface area contributed by atoms with Gasteiger partial charge in [0.25, 0.3) is 11.8 Å². The van der Waals surface area contributed by atoms with Crippen LogP contribution in [0, 0.1) is 5.92 Å². The highest BCUT2D eigenvalue weighted by molar-refractivity contribution is 6.23. The number of fused-ring (bicyclic) bond motifs is 1. The third-order valence-electron chi connectivity index (χ3n) is 5.18. The standard InChI is InChI=1S/C20H19N3O4/c24-18-15-4-1-5-16(22-10-2-3-14(12-22)20(26)27)17(15)19(25)23(18)11-13-6-8-21-9-7-13/h1,4-9,14H,2-3,10-12H2,(H,26,27)/t14-/m0/s1. The first-order valence-corrected chi connectivity index (χ1v) is 8.92. The quantitative estimate of drug-likeness (QED) is 0.835. The van der Waals surface area contributed by atoms with Gasteiger partial charge >= 0.3 is 5.97 Å². The number of benzene rings is 1. The predicted octanol–water partition coefficient (Wildman–Crippen LogP) is 2.18. The van der Waals surface area contributed by atoms with Gasteiger partial charge in [-0.1, -0.05) is 6.07 Å². The molecule has 2 aromatic rings. The van der Waals surface area contributed by atoms with Crippen LogP contribution in [0.4, 0.5) is 5.69 Å². The molecule has 27 heavy (non-hydrogen) atoms. The maximum Gasteiger partial charge on any atom is 0.308 e. The Labute approximate surface area is 156 Å². The van der Waals surface area contributed by atoms with E-state index in [4.69, 9.17) is 0 Å². The molecule has 3 heterocycles. The fraction of sp³-hybridized carbons (Fsp3) is 0.300. The molecule has 0 unspecified atom stereocenters. The topological polar surface area (TPSA) is 90.8 Å². The van der Waals surface area contributed by atoms with Crippen molar-refractivity contribution in [2.75, 3.05) is 18.0 Å². The Morgan fingerprint density at radius 2 is 1.93 bits per heavy atom. The number of piperidine rings is 1. The summed E-state index contributed by atoms with van der Waals surface area (Å²) in [4.78, 5) is 44.3. The van der Waals surface area contributed by atoms with Crippen LogP contribution in [-0.4, -0.2) is 45.9 Å². The second kappa shape index (κ2) is 6.83. The van der Waals surface area contributed by atoms with Gasteiger partial charge in [-0.05, 0) is 42.7 Å². The molecular weight excluding hydrogens is 346 g/mol. The van der Waals surface area contributed by atoms with Gasteiger partial charge in [0.2, 0.25) is 0 Å². The summed E-state index contributed by atoms with van der Waals surface area (Å²) in [7, 11) is 0. The van der Waals surface area contributed by atoms with E-state index in [2.05, 4.69) is 4.98 Å². The molecule has 0 radical (unpaired) electrons. The Bertz CT molecular complexity index is 913. The maximum atomic E-state index is 13.0. The number of anilines is 1. The minimum Gasteiger partial charge on any atom is -0.481 e. The Kier molecular flexibility index (Phi) is 4.35. The SMILES string of the molecule is O=C(O)[C@H]1CCCN(c2cccc3c2C(=O)N(Cc2ccncc2)C3=O)C1. The number of carboxylic acid groups (broad SMARTS) is 1. The van der Waals surface area contributed by atoms with Crippen LogP contribution in [0.25, 0.3) is 0 Å². The molecule has 7 heteroatoms. The summed E-state index contributed by atoms with van der Waals surface area (Å²) in [5.74, 6) is -1.94.